The van der Waals surface area contributed by atoms with Crippen LogP contribution in [0.25, 0.3) is 0 Å². The van der Waals surface area contributed by atoms with Gasteiger partial charge < -0.3 is 4.74 Å². The first-order valence-electron chi connectivity index (χ1n) is 5.56. The van der Waals surface area contributed by atoms with Crippen LogP contribution in [0.15, 0.2) is 18.2 Å². The lowest BCUT2D eigenvalue weighted by molar-refractivity contribution is 0.336. The first-order valence-corrected chi connectivity index (χ1v) is 5.56. The standard InChI is InChI=1S/C13H20O/c1-4-7-12-9-8-11(5-2)10-13(12)14-6-3/h8-10H,4-7H2,1-3H3. The molecule has 0 amide bonds. The maximum Gasteiger partial charge on any atom is 0.122 e. The summed E-state index contributed by atoms with van der Waals surface area (Å²) in [5.74, 6) is 1.08. The molecule has 0 atom stereocenters. The molecule has 0 radical (unpaired) electrons. The summed E-state index contributed by atoms with van der Waals surface area (Å²) in [6.45, 7) is 7.16. The van der Waals surface area contributed by atoms with Gasteiger partial charge in [-0.2, -0.15) is 0 Å². The van der Waals surface area contributed by atoms with Gasteiger partial charge in [0.05, 0.1) is 6.61 Å². The summed E-state index contributed by atoms with van der Waals surface area (Å²) in [6, 6.07) is 6.58. The highest BCUT2D eigenvalue weighted by atomic mass is 16.5. The Morgan fingerprint density at radius 1 is 1.14 bits per heavy atom. The lowest BCUT2D eigenvalue weighted by atomic mass is 10.1. The molecule has 0 aromatic heterocycles. The predicted octanol–water partition coefficient (Wildman–Crippen LogP) is 3.60. The number of aryl methyl sites for hydroxylation is 2. The second kappa shape index (κ2) is 5.69. The Morgan fingerprint density at radius 2 is 1.93 bits per heavy atom. The average molecular weight is 192 g/mol. The third kappa shape index (κ3) is 2.76. The van der Waals surface area contributed by atoms with Gasteiger partial charge in [-0.1, -0.05) is 32.4 Å². The summed E-state index contributed by atoms with van der Waals surface area (Å²) in [5.41, 5.74) is 2.69. The molecule has 0 saturated heterocycles. The summed E-state index contributed by atoms with van der Waals surface area (Å²) >= 11 is 0. The number of ether oxygens (including phenoxy) is 1. The molecular weight excluding hydrogens is 172 g/mol. The zero-order valence-electron chi connectivity index (χ0n) is 9.47. The van der Waals surface area contributed by atoms with Gasteiger partial charge in [0.15, 0.2) is 0 Å². The van der Waals surface area contributed by atoms with Gasteiger partial charge in [0.2, 0.25) is 0 Å². The second-order valence-corrected chi connectivity index (χ2v) is 3.48. The van der Waals surface area contributed by atoms with Gasteiger partial charge in [0.1, 0.15) is 5.75 Å². The van der Waals surface area contributed by atoms with Crippen LogP contribution in [0.2, 0.25) is 0 Å². The van der Waals surface area contributed by atoms with E-state index in [0.29, 0.717) is 0 Å². The van der Waals surface area contributed by atoms with Crippen molar-refractivity contribution in [2.75, 3.05) is 6.61 Å². The third-order valence-corrected chi connectivity index (χ3v) is 2.36. The Balaban J connectivity index is 2.91. The van der Waals surface area contributed by atoms with Crippen LogP contribution in [0, 0.1) is 0 Å². The van der Waals surface area contributed by atoms with E-state index in [0.717, 1.165) is 25.2 Å². The first-order chi connectivity index (χ1) is 6.81. The van der Waals surface area contributed by atoms with E-state index in [1.807, 2.05) is 6.92 Å². The van der Waals surface area contributed by atoms with Crippen LogP contribution in [0.4, 0.5) is 0 Å². The normalized spacial score (nSPS) is 10.2. The smallest absolute Gasteiger partial charge is 0.122 e. The first kappa shape index (κ1) is 11.1. The van der Waals surface area contributed by atoms with E-state index in [9.17, 15) is 0 Å². The molecule has 14 heavy (non-hydrogen) atoms. The fourth-order valence-corrected chi connectivity index (χ4v) is 1.58. The molecule has 0 spiro atoms. The number of hydrogen-bond donors (Lipinski definition) is 0. The van der Waals surface area contributed by atoms with Crippen molar-refractivity contribution in [3.63, 3.8) is 0 Å². The molecule has 0 N–H and O–H groups in total. The molecule has 0 aliphatic heterocycles. The Labute approximate surface area is 87.1 Å². The molecule has 78 valence electrons. The highest BCUT2D eigenvalue weighted by Crippen LogP contribution is 2.22. The summed E-state index contributed by atoms with van der Waals surface area (Å²) < 4.78 is 5.63. The highest BCUT2D eigenvalue weighted by molar-refractivity contribution is 5.37. The van der Waals surface area contributed by atoms with E-state index >= 15 is 0 Å². The molecule has 1 aromatic rings. The molecule has 0 bridgehead atoms. The van der Waals surface area contributed by atoms with E-state index in [2.05, 4.69) is 32.0 Å². The predicted molar refractivity (Wildman–Crippen MR) is 61.0 cm³/mol. The van der Waals surface area contributed by atoms with Gasteiger partial charge in [0, 0.05) is 0 Å². The maximum absolute atomic E-state index is 5.63. The van der Waals surface area contributed by atoms with Crippen molar-refractivity contribution in [1.82, 2.24) is 0 Å². The van der Waals surface area contributed by atoms with E-state index in [-0.39, 0.29) is 0 Å². The van der Waals surface area contributed by atoms with Gasteiger partial charge in [0.25, 0.3) is 0 Å². The third-order valence-electron chi connectivity index (χ3n) is 2.36. The molecule has 1 rings (SSSR count). The lowest BCUT2D eigenvalue weighted by Gasteiger charge is -2.10. The van der Waals surface area contributed by atoms with Gasteiger partial charge in [-0.25, -0.2) is 0 Å². The topological polar surface area (TPSA) is 9.23 Å². The minimum absolute atomic E-state index is 0.754. The maximum atomic E-state index is 5.63. The van der Waals surface area contributed by atoms with E-state index in [1.54, 1.807) is 0 Å². The molecule has 1 heteroatoms. The van der Waals surface area contributed by atoms with Crippen molar-refractivity contribution >= 4 is 0 Å². The number of benzene rings is 1. The molecule has 0 heterocycles. The van der Waals surface area contributed by atoms with Crippen LogP contribution in [-0.2, 0) is 12.8 Å². The van der Waals surface area contributed by atoms with Crippen LogP contribution in [0.5, 0.6) is 5.75 Å². The van der Waals surface area contributed by atoms with Crippen LogP contribution >= 0.6 is 0 Å². The Hall–Kier alpha value is -0.980. The van der Waals surface area contributed by atoms with Gasteiger partial charge in [-0.3, -0.25) is 0 Å². The molecule has 1 aromatic carbocycles. The molecule has 0 aliphatic carbocycles. The highest BCUT2D eigenvalue weighted by Gasteiger charge is 2.03. The minimum Gasteiger partial charge on any atom is -0.494 e. The van der Waals surface area contributed by atoms with Crippen molar-refractivity contribution in [3.05, 3.63) is 29.3 Å². The number of hydrogen-bond acceptors (Lipinski definition) is 1. The van der Waals surface area contributed by atoms with Gasteiger partial charge >= 0.3 is 0 Å². The van der Waals surface area contributed by atoms with Crippen LogP contribution in [0.3, 0.4) is 0 Å². The summed E-state index contributed by atoms with van der Waals surface area (Å²) in [4.78, 5) is 0. The number of rotatable bonds is 5. The van der Waals surface area contributed by atoms with Gasteiger partial charge in [-0.15, -0.1) is 0 Å². The van der Waals surface area contributed by atoms with E-state index in [4.69, 9.17) is 4.74 Å². The van der Waals surface area contributed by atoms with Gasteiger partial charge in [-0.05, 0) is 37.0 Å². The average Bonchev–Trinajstić information content (AvgIpc) is 2.21. The van der Waals surface area contributed by atoms with E-state index in [1.165, 1.54) is 17.5 Å². The fraction of sp³-hybridized carbons (Fsp3) is 0.538. The second-order valence-electron chi connectivity index (χ2n) is 3.48. The minimum atomic E-state index is 0.754. The molecule has 0 unspecified atom stereocenters. The molecular formula is C13H20O. The SMILES string of the molecule is CCCc1ccc(CC)cc1OCC. The molecule has 1 nitrogen and oxygen atoms in total. The van der Waals surface area contributed by atoms with Crippen molar-refractivity contribution < 1.29 is 4.74 Å². The molecule has 0 saturated carbocycles. The van der Waals surface area contributed by atoms with Crippen molar-refractivity contribution in [1.29, 1.82) is 0 Å². The molecule has 0 fully saturated rings. The fourth-order valence-electron chi connectivity index (χ4n) is 1.58. The molecule has 0 aliphatic rings. The Bertz CT molecular complexity index is 279. The van der Waals surface area contributed by atoms with Crippen molar-refractivity contribution in [2.24, 2.45) is 0 Å². The quantitative estimate of drug-likeness (QED) is 0.692. The zero-order valence-corrected chi connectivity index (χ0v) is 9.47. The van der Waals surface area contributed by atoms with Crippen LogP contribution in [0.1, 0.15) is 38.3 Å². The summed E-state index contributed by atoms with van der Waals surface area (Å²) in [5, 5.41) is 0. The Kier molecular flexibility index (Phi) is 4.51. The van der Waals surface area contributed by atoms with Crippen molar-refractivity contribution in [2.45, 2.75) is 40.0 Å². The zero-order chi connectivity index (χ0) is 10.4. The monoisotopic (exact) mass is 192 g/mol. The summed E-state index contributed by atoms with van der Waals surface area (Å²) in [6.07, 6.45) is 3.36. The van der Waals surface area contributed by atoms with E-state index < -0.39 is 0 Å². The Morgan fingerprint density at radius 3 is 2.50 bits per heavy atom. The lowest BCUT2D eigenvalue weighted by Crippen LogP contribution is -1.97. The van der Waals surface area contributed by atoms with Crippen molar-refractivity contribution in [3.8, 4) is 5.75 Å². The van der Waals surface area contributed by atoms with Crippen LogP contribution < -0.4 is 4.74 Å². The largest absolute Gasteiger partial charge is 0.494 e. The van der Waals surface area contributed by atoms with Crippen LogP contribution in [-0.4, -0.2) is 6.61 Å². The summed E-state index contributed by atoms with van der Waals surface area (Å²) in [7, 11) is 0.